The smallest absolute Gasteiger partial charge is 0.435 e. The number of anilines is 1. The van der Waals surface area contributed by atoms with Crippen LogP contribution in [0.1, 0.15) is 57.7 Å². The van der Waals surface area contributed by atoms with Crippen LogP contribution in [0.5, 0.6) is 0 Å². The third kappa shape index (κ3) is 6.12. The predicted octanol–water partition coefficient (Wildman–Crippen LogP) is 4.18. The lowest BCUT2D eigenvalue weighted by atomic mass is 9.93. The van der Waals surface area contributed by atoms with Gasteiger partial charge in [-0.1, -0.05) is 5.92 Å². The molecule has 3 aromatic heterocycles. The normalized spacial score (nSPS) is 17.5. The van der Waals surface area contributed by atoms with E-state index in [0.717, 1.165) is 36.6 Å². The lowest BCUT2D eigenvalue weighted by Gasteiger charge is -2.26. The first-order valence-corrected chi connectivity index (χ1v) is 12.6. The maximum Gasteiger partial charge on any atom is 0.435 e. The highest BCUT2D eigenvalue weighted by Crippen LogP contribution is 2.22. The van der Waals surface area contributed by atoms with Gasteiger partial charge in [0.25, 0.3) is 0 Å². The highest BCUT2D eigenvalue weighted by molar-refractivity contribution is 5.88. The zero-order valence-electron chi connectivity index (χ0n) is 21.5. The summed E-state index contributed by atoms with van der Waals surface area (Å²) in [6, 6.07) is 9.23. The number of aliphatic hydroxyl groups is 1. The van der Waals surface area contributed by atoms with Crippen molar-refractivity contribution in [1.82, 2.24) is 29.7 Å². The Labute approximate surface area is 220 Å². The van der Waals surface area contributed by atoms with Crippen molar-refractivity contribution in [2.24, 2.45) is 0 Å². The molecule has 0 spiro atoms. The van der Waals surface area contributed by atoms with Gasteiger partial charge in [-0.25, -0.2) is 24.7 Å². The summed E-state index contributed by atoms with van der Waals surface area (Å²) in [4.78, 5) is 30.3. The molecule has 0 amide bonds. The number of rotatable bonds is 3. The quantitative estimate of drug-likeness (QED) is 0.389. The zero-order chi connectivity index (χ0) is 26.7. The Hall–Kier alpha value is -4.36. The summed E-state index contributed by atoms with van der Waals surface area (Å²) in [7, 11) is 0. The van der Waals surface area contributed by atoms with Crippen LogP contribution in [-0.4, -0.2) is 58.7 Å². The van der Waals surface area contributed by atoms with Gasteiger partial charge >= 0.3 is 6.09 Å². The molecule has 10 heteroatoms. The van der Waals surface area contributed by atoms with Crippen LogP contribution in [0.25, 0.3) is 22.4 Å². The number of hydrogen-bond acceptors (Lipinski definition) is 9. The first kappa shape index (κ1) is 25.3. The summed E-state index contributed by atoms with van der Waals surface area (Å²) >= 11 is 0. The maximum absolute atomic E-state index is 12.4. The average Bonchev–Trinajstić information content (AvgIpc) is 3.32. The van der Waals surface area contributed by atoms with Gasteiger partial charge in [0.1, 0.15) is 17.0 Å². The zero-order valence-corrected chi connectivity index (χ0v) is 21.5. The fourth-order valence-electron chi connectivity index (χ4n) is 4.20. The van der Waals surface area contributed by atoms with Crippen LogP contribution in [0, 0.1) is 11.8 Å². The second kappa shape index (κ2) is 10.6. The lowest BCUT2D eigenvalue weighted by Crippen LogP contribution is -2.28. The third-order valence-electron chi connectivity index (χ3n) is 6.04. The van der Waals surface area contributed by atoms with Gasteiger partial charge in [-0.15, -0.1) is 0 Å². The van der Waals surface area contributed by atoms with Gasteiger partial charge in [0.2, 0.25) is 5.95 Å². The lowest BCUT2D eigenvalue weighted by molar-refractivity contribution is 0.0522. The average molecular weight is 512 g/mol. The highest BCUT2D eigenvalue weighted by Gasteiger charge is 2.21. The van der Waals surface area contributed by atoms with Gasteiger partial charge in [-0.3, -0.25) is 0 Å². The van der Waals surface area contributed by atoms with Crippen LogP contribution in [-0.2, 0) is 4.74 Å². The molecule has 0 atom stereocenters. The van der Waals surface area contributed by atoms with Crippen LogP contribution in [0.3, 0.4) is 0 Å². The molecule has 1 aliphatic rings. The van der Waals surface area contributed by atoms with E-state index in [2.05, 4.69) is 42.2 Å². The van der Waals surface area contributed by atoms with Crippen LogP contribution in [0.4, 0.5) is 10.7 Å². The summed E-state index contributed by atoms with van der Waals surface area (Å²) in [5.74, 6) is 7.17. The van der Waals surface area contributed by atoms with E-state index in [1.807, 2.05) is 32.9 Å². The van der Waals surface area contributed by atoms with E-state index in [0.29, 0.717) is 28.7 Å². The molecule has 3 heterocycles. The Morgan fingerprint density at radius 3 is 2.63 bits per heavy atom. The molecule has 1 aliphatic carbocycles. The van der Waals surface area contributed by atoms with Crippen molar-refractivity contribution in [3.63, 3.8) is 0 Å². The molecule has 0 unspecified atom stereocenters. The first-order valence-electron chi connectivity index (χ1n) is 12.6. The molecule has 5 rings (SSSR count). The number of ether oxygens (including phenoxy) is 1. The van der Waals surface area contributed by atoms with Crippen molar-refractivity contribution in [2.75, 3.05) is 5.32 Å². The highest BCUT2D eigenvalue weighted by atomic mass is 16.6. The molecular formula is C28H29N7O3. The number of aromatic nitrogens is 6. The Morgan fingerprint density at radius 1 is 1.05 bits per heavy atom. The number of benzene rings is 1. The monoisotopic (exact) mass is 511 g/mol. The number of hydrogen-bond donors (Lipinski definition) is 2. The van der Waals surface area contributed by atoms with Gasteiger partial charge in [-0.05, 0) is 82.7 Å². The number of nitrogens with zero attached hydrogens (tertiary/aromatic N) is 6. The second-order valence-corrected chi connectivity index (χ2v) is 10.2. The van der Waals surface area contributed by atoms with Crippen molar-refractivity contribution < 1.29 is 14.6 Å². The summed E-state index contributed by atoms with van der Waals surface area (Å²) in [6.07, 6.45) is 7.52. The van der Waals surface area contributed by atoms with Gasteiger partial charge in [-0.2, -0.15) is 9.78 Å². The van der Waals surface area contributed by atoms with Crippen molar-refractivity contribution in [3.05, 3.63) is 60.2 Å². The molecule has 0 bridgehead atoms. The largest absolute Gasteiger partial charge is 0.442 e. The molecule has 2 N–H and O–H groups in total. The SMILES string of the molecule is CC(C)(C)OC(=O)n1ncc2cc(C#Cc3ccnc(-c4ccnc(NC5CCC(O)CC5)n4)n3)ccc21. The number of carbonyl (C=O) groups is 1. The fraction of sp³-hybridized carbons (Fsp3) is 0.357. The predicted molar refractivity (Wildman–Crippen MR) is 142 cm³/mol. The molecule has 38 heavy (non-hydrogen) atoms. The van der Waals surface area contributed by atoms with Crippen molar-refractivity contribution >= 4 is 22.9 Å². The second-order valence-electron chi connectivity index (χ2n) is 10.2. The Kier molecular flexibility index (Phi) is 7.03. The van der Waals surface area contributed by atoms with E-state index < -0.39 is 11.7 Å². The standard InChI is InChI=1S/C28H29N7O3/c1-28(2,3)38-27(37)35-24-11-5-18(16-19(24)17-31-35)4-6-21-12-14-29-25(32-21)23-13-15-30-26(34-23)33-20-7-9-22(36)10-8-20/h5,11-17,20,22,36H,7-10H2,1-3H3,(H,30,33,34). The first-order chi connectivity index (χ1) is 18.2. The van der Waals surface area contributed by atoms with Crippen LogP contribution in [0.2, 0.25) is 0 Å². The molecule has 1 fully saturated rings. The van der Waals surface area contributed by atoms with Crippen molar-refractivity contribution in [2.45, 2.75) is 64.2 Å². The number of carbonyl (C=O) groups excluding carboxylic acids is 1. The molecule has 1 saturated carbocycles. The van der Waals surface area contributed by atoms with Gasteiger partial charge in [0.15, 0.2) is 5.82 Å². The molecule has 0 radical (unpaired) electrons. The summed E-state index contributed by atoms with van der Waals surface area (Å²) in [5.41, 5.74) is 1.94. The van der Waals surface area contributed by atoms with Crippen LogP contribution < -0.4 is 5.32 Å². The van der Waals surface area contributed by atoms with E-state index >= 15 is 0 Å². The summed E-state index contributed by atoms with van der Waals surface area (Å²) in [5, 5.41) is 18.0. The van der Waals surface area contributed by atoms with Gasteiger partial charge in [0.05, 0.1) is 17.8 Å². The third-order valence-corrected chi connectivity index (χ3v) is 6.04. The van der Waals surface area contributed by atoms with E-state index in [9.17, 15) is 9.90 Å². The van der Waals surface area contributed by atoms with E-state index in [1.165, 1.54) is 4.68 Å². The Bertz CT molecular complexity index is 1520. The molecule has 0 aliphatic heterocycles. The molecule has 4 aromatic rings. The van der Waals surface area contributed by atoms with Crippen molar-refractivity contribution in [1.29, 1.82) is 0 Å². The van der Waals surface area contributed by atoms with Gasteiger partial charge < -0.3 is 15.2 Å². The number of fused-ring (bicyclic) bond motifs is 1. The van der Waals surface area contributed by atoms with Crippen LogP contribution in [0.15, 0.2) is 48.9 Å². The molecule has 194 valence electrons. The maximum atomic E-state index is 12.4. The molecular weight excluding hydrogens is 482 g/mol. The minimum atomic E-state index is -0.610. The molecule has 10 nitrogen and oxygen atoms in total. The minimum absolute atomic E-state index is 0.214. The minimum Gasteiger partial charge on any atom is -0.442 e. The van der Waals surface area contributed by atoms with E-state index in [4.69, 9.17) is 4.74 Å². The fourth-order valence-corrected chi connectivity index (χ4v) is 4.20. The number of aliphatic hydroxyl groups excluding tert-OH is 1. The Balaban J connectivity index is 1.32. The van der Waals surface area contributed by atoms with E-state index in [1.54, 1.807) is 36.8 Å². The Morgan fingerprint density at radius 2 is 1.84 bits per heavy atom. The summed E-state index contributed by atoms with van der Waals surface area (Å²) < 4.78 is 6.67. The van der Waals surface area contributed by atoms with Crippen LogP contribution >= 0.6 is 0 Å². The van der Waals surface area contributed by atoms with E-state index in [-0.39, 0.29) is 12.1 Å². The van der Waals surface area contributed by atoms with Crippen molar-refractivity contribution in [3.8, 4) is 23.4 Å². The van der Waals surface area contributed by atoms with Gasteiger partial charge in [0, 0.05) is 29.4 Å². The molecule has 0 saturated heterocycles. The number of nitrogens with one attached hydrogen (secondary N) is 1. The molecule has 1 aromatic carbocycles. The summed E-state index contributed by atoms with van der Waals surface area (Å²) in [6.45, 7) is 5.44. The topological polar surface area (TPSA) is 128 Å².